The second-order valence-electron chi connectivity index (χ2n) is 2.71. The van der Waals surface area contributed by atoms with Crippen molar-refractivity contribution in [3.63, 3.8) is 0 Å². The van der Waals surface area contributed by atoms with Gasteiger partial charge in [-0.1, -0.05) is 6.92 Å². The summed E-state index contributed by atoms with van der Waals surface area (Å²) in [6.45, 7) is 3.30. The summed E-state index contributed by atoms with van der Waals surface area (Å²) in [5, 5.41) is 11.3. The van der Waals surface area contributed by atoms with Gasteiger partial charge >= 0.3 is 11.9 Å². The van der Waals surface area contributed by atoms with E-state index in [4.69, 9.17) is 5.11 Å². The number of carbonyl (C=O) groups is 2. The topological polar surface area (TPSA) is 75.6 Å². The van der Waals surface area contributed by atoms with E-state index in [1.54, 1.807) is 13.8 Å². The Morgan fingerprint density at radius 1 is 1.54 bits per heavy atom. The van der Waals surface area contributed by atoms with Crippen LogP contribution in [0.2, 0.25) is 0 Å². The van der Waals surface area contributed by atoms with Gasteiger partial charge in [-0.2, -0.15) is 0 Å². The van der Waals surface area contributed by atoms with Crippen molar-refractivity contribution in [2.24, 2.45) is 0 Å². The average molecular weight is 189 g/mol. The van der Waals surface area contributed by atoms with Crippen LogP contribution >= 0.6 is 0 Å². The van der Waals surface area contributed by atoms with Crippen LogP contribution in [0, 0.1) is 0 Å². The van der Waals surface area contributed by atoms with E-state index in [9.17, 15) is 9.59 Å². The van der Waals surface area contributed by atoms with Crippen LogP contribution in [0.25, 0.3) is 0 Å². The van der Waals surface area contributed by atoms with E-state index >= 15 is 0 Å². The maximum absolute atomic E-state index is 10.9. The van der Waals surface area contributed by atoms with Crippen molar-refractivity contribution in [2.45, 2.75) is 32.4 Å². The lowest BCUT2D eigenvalue weighted by molar-refractivity contribution is -0.144. The first-order valence-electron chi connectivity index (χ1n) is 4.09. The zero-order valence-corrected chi connectivity index (χ0v) is 8.03. The third kappa shape index (κ3) is 3.89. The van der Waals surface area contributed by atoms with Crippen molar-refractivity contribution in [3.05, 3.63) is 0 Å². The van der Waals surface area contributed by atoms with Crippen LogP contribution in [0.1, 0.15) is 20.3 Å². The van der Waals surface area contributed by atoms with Gasteiger partial charge in [0.15, 0.2) is 0 Å². The van der Waals surface area contributed by atoms with E-state index in [1.807, 2.05) is 0 Å². The molecule has 0 aromatic heterocycles. The normalized spacial score (nSPS) is 14.7. The Morgan fingerprint density at radius 3 is 2.38 bits per heavy atom. The number of methoxy groups -OCH3 is 1. The quantitative estimate of drug-likeness (QED) is 0.595. The van der Waals surface area contributed by atoms with Crippen molar-refractivity contribution in [1.29, 1.82) is 0 Å². The fraction of sp³-hybridized carbons (Fsp3) is 0.750. The van der Waals surface area contributed by atoms with Gasteiger partial charge in [-0.15, -0.1) is 0 Å². The van der Waals surface area contributed by atoms with Gasteiger partial charge in [0.1, 0.15) is 12.1 Å². The van der Waals surface area contributed by atoms with Crippen LogP contribution in [0.4, 0.5) is 0 Å². The third-order valence-corrected chi connectivity index (χ3v) is 1.71. The largest absolute Gasteiger partial charge is 0.480 e. The molecule has 0 spiro atoms. The lowest BCUT2D eigenvalue weighted by atomic mass is 10.2. The number of esters is 1. The number of aliphatic carboxylic acids is 1. The highest BCUT2D eigenvalue weighted by molar-refractivity contribution is 5.78. The van der Waals surface area contributed by atoms with Gasteiger partial charge in [0.05, 0.1) is 7.11 Å². The van der Waals surface area contributed by atoms with Gasteiger partial charge in [0.25, 0.3) is 0 Å². The van der Waals surface area contributed by atoms with E-state index < -0.39 is 24.0 Å². The third-order valence-electron chi connectivity index (χ3n) is 1.71. The molecule has 0 amide bonds. The van der Waals surface area contributed by atoms with Crippen molar-refractivity contribution in [2.75, 3.05) is 7.11 Å². The predicted octanol–water partition coefficient (Wildman–Crippen LogP) is 0.000700. The Labute approximate surface area is 77.1 Å². The fourth-order valence-electron chi connectivity index (χ4n) is 0.910. The summed E-state index contributed by atoms with van der Waals surface area (Å²) >= 11 is 0. The van der Waals surface area contributed by atoms with Crippen LogP contribution < -0.4 is 5.32 Å². The van der Waals surface area contributed by atoms with E-state index in [1.165, 1.54) is 7.11 Å². The molecule has 5 heteroatoms. The molecule has 0 radical (unpaired) electrons. The monoisotopic (exact) mass is 189 g/mol. The maximum atomic E-state index is 10.9. The minimum Gasteiger partial charge on any atom is -0.480 e. The number of carboxylic acid groups (broad SMARTS) is 1. The summed E-state index contributed by atoms with van der Waals surface area (Å²) < 4.78 is 4.44. The molecule has 0 aromatic rings. The summed E-state index contributed by atoms with van der Waals surface area (Å²) in [6.07, 6.45) is 0.427. The van der Waals surface area contributed by atoms with Crippen LogP contribution in [0.15, 0.2) is 0 Å². The van der Waals surface area contributed by atoms with E-state index in [-0.39, 0.29) is 0 Å². The molecule has 0 saturated heterocycles. The molecule has 0 rings (SSSR count). The van der Waals surface area contributed by atoms with E-state index in [0.29, 0.717) is 6.42 Å². The highest BCUT2D eigenvalue weighted by Crippen LogP contribution is 1.95. The minimum absolute atomic E-state index is 0.427. The molecule has 0 aliphatic heterocycles. The second kappa shape index (κ2) is 5.53. The molecule has 76 valence electrons. The summed E-state index contributed by atoms with van der Waals surface area (Å²) in [5.41, 5.74) is 0. The summed E-state index contributed by atoms with van der Waals surface area (Å²) in [7, 11) is 1.27. The lowest BCUT2D eigenvalue weighted by Crippen LogP contribution is -2.45. The molecule has 13 heavy (non-hydrogen) atoms. The highest BCUT2D eigenvalue weighted by Gasteiger charge is 2.21. The molecule has 0 saturated carbocycles. The summed E-state index contributed by atoms with van der Waals surface area (Å²) in [5.74, 6) is -1.42. The van der Waals surface area contributed by atoms with Gasteiger partial charge < -0.3 is 9.84 Å². The van der Waals surface area contributed by atoms with E-state index in [0.717, 1.165) is 0 Å². The van der Waals surface area contributed by atoms with Gasteiger partial charge in [-0.3, -0.25) is 14.9 Å². The number of nitrogens with one attached hydrogen (secondary N) is 1. The van der Waals surface area contributed by atoms with Gasteiger partial charge in [0.2, 0.25) is 0 Å². The van der Waals surface area contributed by atoms with Crippen molar-refractivity contribution >= 4 is 11.9 Å². The van der Waals surface area contributed by atoms with Crippen LogP contribution in [0.3, 0.4) is 0 Å². The molecule has 0 heterocycles. The zero-order valence-electron chi connectivity index (χ0n) is 8.03. The molecule has 5 nitrogen and oxygen atoms in total. The average Bonchev–Trinajstić information content (AvgIpc) is 2.11. The molecule has 0 aliphatic carbocycles. The molecular weight excluding hydrogens is 174 g/mol. The molecular formula is C8H15NO4. The predicted molar refractivity (Wildman–Crippen MR) is 46.3 cm³/mol. The molecule has 2 atom stereocenters. The minimum atomic E-state index is -0.960. The number of rotatable bonds is 5. The lowest BCUT2D eigenvalue weighted by Gasteiger charge is -2.16. The number of carbonyl (C=O) groups excluding carboxylic acids is 1. The first-order valence-corrected chi connectivity index (χ1v) is 4.09. The first-order chi connectivity index (χ1) is 6.02. The van der Waals surface area contributed by atoms with Crippen LogP contribution in [0.5, 0.6) is 0 Å². The maximum Gasteiger partial charge on any atom is 0.322 e. The van der Waals surface area contributed by atoms with Gasteiger partial charge in [0, 0.05) is 0 Å². The second-order valence-corrected chi connectivity index (χ2v) is 2.71. The molecule has 0 fully saturated rings. The Hall–Kier alpha value is -1.10. The number of ether oxygens (including phenoxy) is 1. The molecule has 0 bridgehead atoms. The first kappa shape index (κ1) is 11.9. The zero-order chi connectivity index (χ0) is 10.4. The summed E-state index contributed by atoms with van der Waals surface area (Å²) in [6, 6.07) is -1.29. The van der Waals surface area contributed by atoms with Gasteiger partial charge in [-0.05, 0) is 13.3 Å². The Kier molecular flexibility index (Phi) is 5.06. The smallest absolute Gasteiger partial charge is 0.322 e. The molecule has 0 aliphatic rings. The van der Waals surface area contributed by atoms with Gasteiger partial charge in [-0.25, -0.2) is 0 Å². The molecule has 0 aromatic carbocycles. The number of hydrogen-bond acceptors (Lipinski definition) is 4. The van der Waals surface area contributed by atoms with E-state index in [2.05, 4.69) is 10.1 Å². The summed E-state index contributed by atoms with van der Waals surface area (Å²) in [4.78, 5) is 21.5. The standard InChI is InChI=1S/C8H15NO4/c1-4-6(7(10)11)9-5(2)8(12)13-3/h5-6,9H,4H2,1-3H3,(H,10,11). The Balaban J connectivity index is 4.08. The fourth-order valence-corrected chi connectivity index (χ4v) is 0.910. The number of hydrogen-bond donors (Lipinski definition) is 2. The highest BCUT2D eigenvalue weighted by atomic mass is 16.5. The molecule has 2 unspecified atom stereocenters. The van der Waals surface area contributed by atoms with Crippen molar-refractivity contribution < 1.29 is 19.4 Å². The van der Waals surface area contributed by atoms with Crippen molar-refractivity contribution in [1.82, 2.24) is 5.32 Å². The Morgan fingerprint density at radius 2 is 2.08 bits per heavy atom. The SMILES string of the molecule is CCC(NC(C)C(=O)OC)C(=O)O. The Bertz CT molecular complexity index is 193. The van der Waals surface area contributed by atoms with Crippen molar-refractivity contribution in [3.8, 4) is 0 Å². The van der Waals surface area contributed by atoms with Crippen LogP contribution in [-0.2, 0) is 14.3 Å². The number of carboxylic acids is 1. The molecule has 2 N–H and O–H groups in total. The van der Waals surface area contributed by atoms with Crippen LogP contribution in [-0.4, -0.2) is 36.2 Å².